The predicted octanol–water partition coefficient (Wildman–Crippen LogP) is -0.229. The van der Waals surface area contributed by atoms with Crippen LogP contribution in [0.25, 0.3) is 0 Å². The summed E-state index contributed by atoms with van der Waals surface area (Å²) in [4.78, 5) is 7.53. The first-order chi connectivity index (χ1) is 4.88. The molecule has 0 radical (unpaired) electrons. The first-order valence-corrected chi connectivity index (χ1v) is 2.69. The van der Waals surface area contributed by atoms with Crippen molar-refractivity contribution >= 4 is 5.82 Å². The van der Waals surface area contributed by atoms with Gasteiger partial charge >= 0.3 is 0 Å². The van der Waals surface area contributed by atoms with Crippen molar-refractivity contribution in [2.75, 3.05) is 12.5 Å². The van der Waals surface area contributed by atoms with E-state index in [0.29, 0.717) is 11.6 Å². The minimum atomic E-state index is 0.484. The lowest BCUT2D eigenvalue weighted by molar-refractivity contribution is 0.412. The molecule has 0 fully saturated rings. The molecule has 1 aromatic heterocycles. The van der Waals surface area contributed by atoms with Crippen molar-refractivity contribution in [3.8, 4) is 5.75 Å². The Kier molecular flexibility index (Phi) is 2.01. The van der Waals surface area contributed by atoms with E-state index in [9.17, 15) is 0 Å². The molecule has 54 valence electrons. The summed E-state index contributed by atoms with van der Waals surface area (Å²) in [6.07, 6.45) is 2.92. The maximum atomic E-state index is 5.11. The largest absolute Gasteiger partial charge is 0.491 e. The number of ether oxygens (including phenoxy) is 1. The fourth-order valence-electron chi connectivity index (χ4n) is 0.575. The van der Waals surface area contributed by atoms with Crippen LogP contribution in [-0.2, 0) is 0 Å². The summed E-state index contributed by atoms with van der Waals surface area (Å²) in [6.45, 7) is 0. The average Bonchev–Trinajstić information content (AvgIpc) is 2.04. The summed E-state index contributed by atoms with van der Waals surface area (Å²) in [7, 11) is 1.53. The minimum absolute atomic E-state index is 0.484. The normalized spacial score (nSPS) is 9.00. The van der Waals surface area contributed by atoms with Crippen LogP contribution < -0.4 is 16.0 Å². The Hall–Kier alpha value is -1.36. The zero-order valence-corrected chi connectivity index (χ0v) is 5.53. The third-order valence-electron chi connectivity index (χ3n) is 1.04. The molecule has 3 N–H and O–H groups in total. The van der Waals surface area contributed by atoms with Crippen molar-refractivity contribution in [1.29, 1.82) is 0 Å². The van der Waals surface area contributed by atoms with Crippen LogP contribution in [-0.4, -0.2) is 17.1 Å². The number of rotatable bonds is 2. The molecule has 0 aromatic carbocycles. The molecule has 0 aliphatic heterocycles. The van der Waals surface area contributed by atoms with E-state index in [2.05, 4.69) is 15.4 Å². The van der Waals surface area contributed by atoms with Crippen molar-refractivity contribution in [3.05, 3.63) is 12.5 Å². The van der Waals surface area contributed by atoms with Crippen molar-refractivity contribution in [3.63, 3.8) is 0 Å². The van der Waals surface area contributed by atoms with Crippen LogP contribution >= 0.6 is 0 Å². The number of methoxy groups -OCH3 is 1. The Labute approximate surface area is 58.2 Å². The predicted molar refractivity (Wildman–Crippen MR) is 36.4 cm³/mol. The zero-order valence-electron chi connectivity index (χ0n) is 5.53. The number of nitrogens with two attached hydrogens (primary N) is 1. The fraction of sp³-hybridized carbons (Fsp3) is 0.200. The summed E-state index contributed by atoms with van der Waals surface area (Å²) < 4.78 is 4.87. The Balaban J connectivity index is 2.96. The van der Waals surface area contributed by atoms with Crippen LogP contribution in [0.2, 0.25) is 0 Å². The summed E-state index contributed by atoms with van der Waals surface area (Å²) in [5.74, 6) is 6.12. The highest BCUT2D eigenvalue weighted by Crippen LogP contribution is 2.16. The highest BCUT2D eigenvalue weighted by molar-refractivity contribution is 5.46. The van der Waals surface area contributed by atoms with Crippen molar-refractivity contribution in [2.24, 2.45) is 5.84 Å². The van der Waals surface area contributed by atoms with E-state index in [0.717, 1.165) is 0 Å². The second-order valence-electron chi connectivity index (χ2n) is 1.58. The second kappa shape index (κ2) is 2.98. The van der Waals surface area contributed by atoms with Crippen LogP contribution in [0.1, 0.15) is 0 Å². The smallest absolute Gasteiger partial charge is 0.186 e. The Morgan fingerprint density at radius 1 is 1.70 bits per heavy atom. The summed E-state index contributed by atoms with van der Waals surface area (Å²) in [6, 6.07) is 0. The third-order valence-corrected chi connectivity index (χ3v) is 1.04. The molecule has 0 aliphatic rings. The molecule has 0 saturated heterocycles. The lowest BCUT2D eigenvalue weighted by atomic mass is 10.5. The molecule has 10 heavy (non-hydrogen) atoms. The van der Waals surface area contributed by atoms with E-state index < -0.39 is 0 Å². The van der Waals surface area contributed by atoms with Crippen LogP contribution in [0.5, 0.6) is 5.75 Å². The molecular weight excluding hydrogens is 132 g/mol. The molecule has 0 atom stereocenters. The molecule has 0 aliphatic carbocycles. The lowest BCUT2D eigenvalue weighted by Gasteiger charge is -2.03. The molecular formula is C5H8N4O. The van der Waals surface area contributed by atoms with E-state index in [1.54, 1.807) is 0 Å². The van der Waals surface area contributed by atoms with Crippen LogP contribution in [0.15, 0.2) is 12.5 Å². The molecule has 0 amide bonds. The van der Waals surface area contributed by atoms with E-state index in [-0.39, 0.29) is 0 Å². The maximum absolute atomic E-state index is 5.11. The van der Waals surface area contributed by atoms with Crippen LogP contribution in [0, 0.1) is 0 Å². The highest BCUT2D eigenvalue weighted by Gasteiger charge is 1.98. The lowest BCUT2D eigenvalue weighted by Crippen LogP contribution is -2.09. The van der Waals surface area contributed by atoms with Gasteiger partial charge in [-0.25, -0.2) is 15.8 Å². The summed E-state index contributed by atoms with van der Waals surface area (Å²) in [5, 5.41) is 0. The Morgan fingerprint density at radius 3 is 3.00 bits per heavy atom. The van der Waals surface area contributed by atoms with Gasteiger partial charge in [-0.15, -0.1) is 0 Å². The summed E-state index contributed by atoms with van der Waals surface area (Å²) >= 11 is 0. The van der Waals surface area contributed by atoms with Crippen molar-refractivity contribution in [1.82, 2.24) is 9.97 Å². The van der Waals surface area contributed by atoms with E-state index in [1.807, 2.05) is 0 Å². The molecule has 1 rings (SSSR count). The first kappa shape index (κ1) is 6.76. The summed E-state index contributed by atoms with van der Waals surface area (Å²) in [5.41, 5.74) is 2.37. The highest BCUT2D eigenvalue weighted by atomic mass is 16.5. The number of anilines is 1. The average molecular weight is 140 g/mol. The van der Waals surface area contributed by atoms with Gasteiger partial charge in [-0.05, 0) is 0 Å². The van der Waals surface area contributed by atoms with Gasteiger partial charge in [0.25, 0.3) is 0 Å². The topological polar surface area (TPSA) is 73.1 Å². The third kappa shape index (κ3) is 1.14. The van der Waals surface area contributed by atoms with Gasteiger partial charge in [-0.3, -0.25) is 0 Å². The van der Waals surface area contributed by atoms with Gasteiger partial charge in [0.15, 0.2) is 11.6 Å². The van der Waals surface area contributed by atoms with E-state index in [4.69, 9.17) is 10.6 Å². The minimum Gasteiger partial charge on any atom is -0.491 e. The van der Waals surface area contributed by atoms with Gasteiger partial charge in [0.2, 0.25) is 0 Å². The SMILES string of the molecule is COc1cncnc1NN. The maximum Gasteiger partial charge on any atom is 0.186 e. The quantitative estimate of drug-likeness (QED) is 0.438. The molecule has 5 heteroatoms. The standard InChI is InChI=1S/C5H8N4O/c1-10-4-2-7-3-8-5(4)9-6/h2-3H,6H2,1H3,(H,7,8,9). The number of nitrogens with one attached hydrogen (secondary N) is 1. The van der Waals surface area contributed by atoms with Gasteiger partial charge in [0, 0.05) is 0 Å². The van der Waals surface area contributed by atoms with E-state index in [1.165, 1.54) is 19.6 Å². The van der Waals surface area contributed by atoms with Gasteiger partial charge < -0.3 is 10.2 Å². The molecule has 0 saturated carbocycles. The number of aromatic nitrogens is 2. The van der Waals surface area contributed by atoms with Crippen molar-refractivity contribution in [2.45, 2.75) is 0 Å². The Morgan fingerprint density at radius 2 is 2.50 bits per heavy atom. The van der Waals surface area contributed by atoms with Gasteiger partial charge in [-0.2, -0.15) is 0 Å². The first-order valence-electron chi connectivity index (χ1n) is 2.69. The van der Waals surface area contributed by atoms with Crippen LogP contribution in [0.3, 0.4) is 0 Å². The number of hydrogen-bond donors (Lipinski definition) is 2. The second-order valence-corrected chi connectivity index (χ2v) is 1.58. The fourth-order valence-corrected chi connectivity index (χ4v) is 0.575. The van der Waals surface area contributed by atoms with Gasteiger partial charge in [0.1, 0.15) is 6.33 Å². The van der Waals surface area contributed by atoms with Crippen LogP contribution in [0.4, 0.5) is 5.82 Å². The van der Waals surface area contributed by atoms with E-state index >= 15 is 0 Å². The van der Waals surface area contributed by atoms with Gasteiger partial charge in [0.05, 0.1) is 13.3 Å². The van der Waals surface area contributed by atoms with Crippen molar-refractivity contribution < 1.29 is 4.74 Å². The molecule has 0 spiro atoms. The number of hydrazine groups is 1. The molecule has 5 nitrogen and oxygen atoms in total. The number of nitrogens with zero attached hydrogens (tertiary/aromatic N) is 2. The molecule has 1 heterocycles. The monoisotopic (exact) mass is 140 g/mol. The molecule has 0 unspecified atom stereocenters. The zero-order chi connectivity index (χ0) is 7.40. The molecule has 0 bridgehead atoms. The number of nitrogen functional groups attached to an aromatic ring is 1. The Bertz CT molecular complexity index is 192. The molecule has 1 aromatic rings. The van der Waals surface area contributed by atoms with Gasteiger partial charge in [-0.1, -0.05) is 0 Å². The number of hydrogen-bond acceptors (Lipinski definition) is 5.